The van der Waals surface area contributed by atoms with Gasteiger partial charge in [-0.1, -0.05) is 59.7 Å². The number of aliphatic hydroxyl groups is 1. The molecule has 1 amide bonds. The van der Waals surface area contributed by atoms with Gasteiger partial charge >= 0.3 is 0 Å². The Hall–Kier alpha value is -1.68. The van der Waals surface area contributed by atoms with E-state index >= 15 is 0 Å². The first kappa shape index (κ1) is 16.7. The van der Waals surface area contributed by atoms with Gasteiger partial charge in [-0.15, -0.1) is 0 Å². The van der Waals surface area contributed by atoms with Crippen molar-refractivity contribution in [2.75, 3.05) is 0 Å². The van der Waals surface area contributed by atoms with Crippen molar-refractivity contribution in [2.24, 2.45) is 15.9 Å². The fourth-order valence-electron chi connectivity index (χ4n) is 2.46. The molecular weight excluding hydrogens is 276 g/mol. The Morgan fingerprint density at radius 2 is 1.68 bits per heavy atom. The minimum absolute atomic E-state index is 0.190. The van der Waals surface area contributed by atoms with Crippen LogP contribution in [0.25, 0.3) is 0 Å². The number of rotatable bonds is 1. The van der Waals surface area contributed by atoms with Gasteiger partial charge < -0.3 is 5.11 Å². The summed E-state index contributed by atoms with van der Waals surface area (Å²) in [6.45, 7) is 11.9. The van der Waals surface area contributed by atoms with Crippen LogP contribution in [-0.4, -0.2) is 27.5 Å². The fourth-order valence-corrected chi connectivity index (χ4v) is 2.46. The monoisotopic (exact) mass is 302 g/mol. The molecule has 1 atom stereocenters. The molecule has 2 rings (SSSR count). The maximum atomic E-state index is 12.8. The second kappa shape index (κ2) is 5.20. The summed E-state index contributed by atoms with van der Waals surface area (Å²) in [5.41, 5.74) is -0.639. The van der Waals surface area contributed by atoms with E-state index in [4.69, 9.17) is 0 Å². The number of benzene rings is 1. The zero-order chi connectivity index (χ0) is 16.8. The molecule has 0 radical (unpaired) electrons. The molecule has 0 spiro atoms. The van der Waals surface area contributed by atoms with Gasteiger partial charge in [-0.25, -0.2) is 0 Å². The van der Waals surface area contributed by atoms with Crippen LogP contribution in [0.4, 0.5) is 0 Å². The summed E-state index contributed by atoms with van der Waals surface area (Å²) in [7, 11) is 0. The van der Waals surface area contributed by atoms with Crippen molar-refractivity contribution < 1.29 is 9.90 Å². The predicted octanol–water partition coefficient (Wildman–Crippen LogP) is 3.67. The van der Waals surface area contributed by atoms with Crippen LogP contribution in [0.5, 0.6) is 0 Å². The van der Waals surface area contributed by atoms with Crippen molar-refractivity contribution >= 4 is 11.6 Å². The van der Waals surface area contributed by atoms with Gasteiger partial charge in [0.2, 0.25) is 0 Å². The van der Waals surface area contributed by atoms with E-state index < -0.39 is 11.1 Å². The Balaban J connectivity index is 2.48. The molecule has 0 bridgehead atoms. The van der Waals surface area contributed by atoms with Crippen LogP contribution in [0, 0.1) is 10.8 Å². The zero-order valence-electron chi connectivity index (χ0n) is 14.3. The summed E-state index contributed by atoms with van der Waals surface area (Å²) in [6, 6.07) is 8.98. The molecule has 0 fully saturated rings. The SMILES string of the molecule is CC(C)(C)C1=NN(C(=O)c2ccccc2)[C@@](O)(C(C)(C)C)C1. The molecule has 0 saturated carbocycles. The molecule has 4 heteroatoms. The Kier molecular flexibility index (Phi) is 3.94. The first-order valence-corrected chi connectivity index (χ1v) is 7.67. The number of hydrogen-bond donors (Lipinski definition) is 1. The van der Waals surface area contributed by atoms with Gasteiger partial charge in [-0.05, 0) is 12.1 Å². The molecule has 1 aliphatic heterocycles. The lowest BCUT2D eigenvalue weighted by Crippen LogP contribution is -2.55. The maximum absolute atomic E-state index is 12.8. The third kappa shape index (κ3) is 2.80. The topological polar surface area (TPSA) is 52.9 Å². The second-order valence-electron chi connectivity index (χ2n) is 8.02. The van der Waals surface area contributed by atoms with Crippen molar-refractivity contribution in [3.63, 3.8) is 0 Å². The van der Waals surface area contributed by atoms with Gasteiger partial charge in [-0.3, -0.25) is 4.79 Å². The molecule has 4 nitrogen and oxygen atoms in total. The van der Waals surface area contributed by atoms with Crippen LogP contribution in [0.1, 0.15) is 58.3 Å². The minimum Gasteiger partial charge on any atom is -0.368 e. The smallest absolute Gasteiger partial charge is 0.276 e. The summed E-state index contributed by atoms with van der Waals surface area (Å²) in [5, 5.41) is 17.0. The summed E-state index contributed by atoms with van der Waals surface area (Å²) in [4.78, 5) is 12.8. The van der Waals surface area contributed by atoms with Crippen LogP contribution in [0.15, 0.2) is 35.4 Å². The zero-order valence-corrected chi connectivity index (χ0v) is 14.3. The van der Waals surface area contributed by atoms with Crippen molar-refractivity contribution in [1.29, 1.82) is 0 Å². The van der Waals surface area contributed by atoms with E-state index in [1.54, 1.807) is 12.1 Å². The molecule has 0 saturated heterocycles. The van der Waals surface area contributed by atoms with E-state index in [2.05, 4.69) is 5.10 Å². The highest BCUT2D eigenvalue weighted by Gasteiger charge is 2.53. The van der Waals surface area contributed by atoms with Crippen molar-refractivity contribution in [2.45, 2.75) is 53.7 Å². The fraction of sp³-hybridized carbons (Fsp3) is 0.556. The average Bonchev–Trinajstić information content (AvgIpc) is 2.78. The van der Waals surface area contributed by atoms with Crippen molar-refractivity contribution in [3.05, 3.63) is 35.9 Å². The number of hydrazone groups is 1. The van der Waals surface area contributed by atoms with Gasteiger partial charge in [0.15, 0.2) is 5.72 Å². The second-order valence-corrected chi connectivity index (χ2v) is 8.02. The van der Waals surface area contributed by atoms with Gasteiger partial charge in [-0.2, -0.15) is 10.1 Å². The molecule has 1 aromatic carbocycles. The minimum atomic E-state index is -1.32. The standard InChI is InChI=1S/C18H26N2O2/c1-16(2,3)14-12-18(22,17(4,5)6)20(19-14)15(21)13-10-8-7-9-11-13/h7-11,22H,12H2,1-6H3/t18-/m0/s1. The highest BCUT2D eigenvalue weighted by molar-refractivity contribution is 5.99. The Bertz CT molecular complexity index is 594. The Morgan fingerprint density at radius 3 is 2.14 bits per heavy atom. The third-order valence-electron chi connectivity index (χ3n) is 4.27. The number of amides is 1. The highest BCUT2D eigenvalue weighted by Crippen LogP contribution is 2.44. The average molecular weight is 302 g/mol. The van der Waals surface area contributed by atoms with E-state index in [9.17, 15) is 9.90 Å². The van der Waals surface area contributed by atoms with E-state index in [0.29, 0.717) is 12.0 Å². The summed E-state index contributed by atoms with van der Waals surface area (Å²) >= 11 is 0. The molecule has 0 unspecified atom stereocenters. The summed E-state index contributed by atoms with van der Waals surface area (Å²) < 4.78 is 0. The van der Waals surface area contributed by atoms with Crippen LogP contribution in [0.2, 0.25) is 0 Å². The van der Waals surface area contributed by atoms with E-state index in [-0.39, 0.29) is 11.3 Å². The Morgan fingerprint density at radius 1 is 1.14 bits per heavy atom. The first-order chi connectivity index (χ1) is 9.97. The van der Waals surface area contributed by atoms with Crippen LogP contribution in [0.3, 0.4) is 0 Å². The van der Waals surface area contributed by atoms with E-state index in [1.165, 1.54) is 5.01 Å². The van der Waals surface area contributed by atoms with Crippen molar-refractivity contribution in [1.82, 2.24) is 5.01 Å². The van der Waals surface area contributed by atoms with Crippen molar-refractivity contribution in [3.8, 4) is 0 Å². The number of nitrogens with zero attached hydrogens (tertiary/aromatic N) is 2. The van der Waals surface area contributed by atoms with Gasteiger partial charge in [0.1, 0.15) is 0 Å². The number of hydrogen-bond acceptors (Lipinski definition) is 3. The quantitative estimate of drug-likeness (QED) is 0.860. The predicted molar refractivity (Wildman–Crippen MR) is 88.5 cm³/mol. The molecular formula is C18H26N2O2. The molecule has 1 aliphatic rings. The molecule has 0 aromatic heterocycles. The lowest BCUT2D eigenvalue weighted by atomic mass is 9.76. The normalized spacial score (nSPS) is 22.7. The molecule has 22 heavy (non-hydrogen) atoms. The summed E-state index contributed by atoms with van der Waals surface area (Å²) in [6.07, 6.45) is 0.374. The molecule has 1 heterocycles. The van der Waals surface area contributed by atoms with Gasteiger partial charge in [0.25, 0.3) is 5.91 Å². The maximum Gasteiger partial charge on any atom is 0.276 e. The van der Waals surface area contributed by atoms with Gasteiger partial charge in [0, 0.05) is 28.5 Å². The number of carbonyl (C=O) groups excluding carboxylic acids is 1. The van der Waals surface area contributed by atoms with Gasteiger partial charge in [0.05, 0.1) is 0 Å². The van der Waals surface area contributed by atoms with Crippen LogP contribution in [-0.2, 0) is 0 Å². The third-order valence-corrected chi connectivity index (χ3v) is 4.27. The molecule has 1 aromatic rings. The highest BCUT2D eigenvalue weighted by atomic mass is 16.3. The van der Waals surface area contributed by atoms with E-state index in [0.717, 1.165) is 5.71 Å². The first-order valence-electron chi connectivity index (χ1n) is 7.67. The lowest BCUT2D eigenvalue weighted by molar-refractivity contribution is -0.143. The van der Waals surface area contributed by atoms with Crippen LogP contribution >= 0.6 is 0 Å². The lowest BCUT2D eigenvalue weighted by Gasteiger charge is -2.42. The Labute approximate surface area is 132 Å². The van der Waals surface area contributed by atoms with Crippen LogP contribution < -0.4 is 0 Å². The van der Waals surface area contributed by atoms with E-state index in [1.807, 2.05) is 59.7 Å². The summed E-state index contributed by atoms with van der Waals surface area (Å²) in [5.74, 6) is -0.266. The molecule has 120 valence electrons. The largest absolute Gasteiger partial charge is 0.368 e. The number of carbonyl (C=O) groups is 1. The molecule has 1 N–H and O–H groups in total. The molecule has 0 aliphatic carbocycles.